The molecule has 1 N–H and O–H groups in total. The van der Waals surface area contributed by atoms with Crippen LogP contribution in [-0.4, -0.2) is 35.1 Å². The van der Waals surface area contributed by atoms with Gasteiger partial charge in [0, 0.05) is 19.5 Å². The molecule has 1 aliphatic rings. The fraction of sp³-hybridized carbons (Fsp3) is 0.400. The molecule has 0 unspecified atom stereocenters. The minimum Gasteiger partial charge on any atom is -0.494 e. The van der Waals surface area contributed by atoms with Crippen LogP contribution in [0.15, 0.2) is 29.1 Å². The number of benzene rings is 1. The molecule has 0 fully saturated rings. The van der Waals surface area contributed by atoms with Crippen molar-refractivity contribution in [3.8, 4) is 5.75 Å². The molecule has 0 saturated carbocycles. The molecule has 1 aromatic carbocycles. The van der Waals surface area contributed by atoms with Gasteiger partial charge < -0.3 is 14.6 Å². The Morgan fingerprint density at radius 3 is 2.84 bits per heavy atom. The van der Waals surface area contributed by atoms with E-state index in [0.717, 1.165) is 55.0 Å². The fourth-order valence-corrected chi connectivity index (χ4v) is 2.84. The third-order valence-corrected chi connectivity index (χ3v) is 4.36. The number of aromatic amines is 1. The van der Waals surface area contributed by atoms with Gasteiger partial charge in [0.2, 0.25) is 0 Å². The van der Waals surface area contributed by atoms with Gasteiger partial charge in [0.25, 0.3) is 5.56 Å². The monoisotopic (exact) mass is 339 g/mol. The van der Waals surface area contributed by atoms with Crippen LogP contribution < -0.4 is 10.3 Å². The van der Waals surface area contributed by atoms with Crippen molar-refractivity contribution in [2.75, 3.05) is 20.2 Å². The number of ether oxygens (including phenoxy) is 1. The maximum Gasteiger partial charge on any atom is 0.255 e. The molecule has 0 aliphatic carbocycles. The van der Waals surface area contributed by atoms with Crippen LogP contribution in [0.25, 0.3) is 12.2 Å². The summed E-state index contributed by atoms with van der Waals surface area (Å²) in [6.07, 6.45) is 6.82. The Balaban J connectivity index is 1.70. The van der Waals surface area contributed by atoms with E-state index < -0.39 is 0 Å². The lowest BCUT2D eigenvalue weighted by atomic mass is 10.1. The number of hydrogen-bond acceptors (Lipinski definition) is 4. The van der Waals surface area contributed by atoms with E-state index in [2.05, 4.69) is 21.8 Å². The summed E-state index contributed by atoms with van der Waals surface area (Å²) in [4.78, 5) is 21.8. The average Bonchev–Trinajstić information content (AvgIpc) is 2.62. The Labute approximate surface area is 148 Å². The second-order valence-electron chi connectivity index (χ2n) is 6.47. The molecule has 0 radical (unpaired) electrons. The zero-order valence-corrected chi connectivity index (χ0v) is 14.9. The van der Waals surface area contributed by atoms with Crippen LogP contribution in [0, 0.1) is 0 Å². The highest BCUT2D eigenvalue weighted by Gasteiger charge is 2.17. The Morgan fingerprint density at radius 1 is 1.28 bits per heavy atom. The third-order valence-electron chi connectivity index (χ3n) is 4.36. The van der Waals surface area contributed by atoms with Crippen LogP contribution in [0.4, 0.5) is 0 Å². The van der Waals surface area contributed by atoms with Gasteiger partial charge in [0.15, 0.2) is 0 Å². The van der Waals surface area contributed by atoms with E-state index in [-0.39, 0.29) is 5.56 Å². The molecule has 0 bridgehead atoms. The van der Waals surface area contributed by atoms with Crippen molar-refractivity contribution < 1.29 is 4.74 Å². The van der Waals surface area contributed by atoms with Gasteiger partial charge in [-0.3, -0.25) is 4.79 Å². The first-order valence-corrected chi connectivity index (χ1v) is 8.87. The third kappa shape index (κ3) is 4.57. The van der Waals surface area contributed by atoms with Crippen molar-refractivity contribution in [2.45, 2.75) is 32.7 Å². The van der Waals surface area contributed by atoms with Gasteiger partial charge in [-0.2, -0.15) is 0 Å². The predicted octanol–water partition coefficient (Wildman–Crippen LogP) is 3.11. The fourth-order valence-electron chi connectivity index (χ4n) is 2.84. The van der Waals surface area contributed by atoms with Gasteiger partial charge in [-0.25, -0.2) is 4.98 Å². The quantitative estimate of drug-likeness (QED) is 0.822. The van der Waals surface area contributed by atoms with Crippen molar-refractivity contribution >= 4 is 12.2 Å². The SMILES string of the molecule is CCCCOc1ccc(/C=C/c2nc3c(c(=O)[nH]2)CN(C)CC3)cc1. The van der Waals surface area contributed by atoms with Crippen molar-refractivity contribution in [2.24, 2.45) is 0 Å². The zero-order valence-electron chi connectivity index (χ0n) is 14.9. The van der Waals surface area contributed by atoms with Crippen molar-refractivity contribution in [1.82, 2.24) is 14.9 Å². The second-order valence-corrected chi connectivity index (χ2v) is 6.47. The van der Waals surface area contributed by atoms with Crippen LogP contribution in [0.2, 0.25) is 0 Å². The van der Waals surface area contributed by atoms with Gasteiger partial charge in [-0.15, -0.1) is 0 Å². The molecule has 2 heterocycles. The first-order chi connectivity index (χ1) is 12.2. The number of H-pyrrole nitrogens is 1. The van der Waals surface area contributed by atoms with Gasteiger partial charge >= 0.3 is 0 Å². The summed E-state index contributed by atoms with van der Waals surface area (Å²) in [6, 6.07) is 7.94. The van der Waals surface area contributed by atoms with Crippen molar-refractivity contribution in [1.29, 1.82) is 0 Å². The molecule has 0 saturated heterocycles. The number of nitrogens with one attached hydrogen (secondary N) is 1. The number of likely N-dealkylation sites (N-methyl/N-ethyl adjacent to an activating group) is 1. The second kappa shape index (κ2) is 8.12. The lowest BCUT2D eigenvalue weighted by Crippen LogP contribution is -2.33. The topological polar surface area (TPSA) is 58.2 Å². The van der Waals surface area contributed by atoms with Gasteiger partial charge in [-0.1, -0.05) is 31.6 Å². The first kappa shape index (κ1) is 17.4. The lowest BCUT2D eigenvalue weighted by Gasteiger charge is -2.23. The molecule has 0 atom stereocenters. The molecule has 0 amide bonds. The minimum atomic E-state index is -0.0316. The number of fused-ring (bicyclic) bond motifs is 1. The molecule has 132 valence electrons. The number of unbranched alkanes of at least 4 members (excludes halogenated alkanes) is 1. The highest BCUT2D eigenvalue weighted by molar-refractivity contribution is 5.66. The average molecular weight is 339 g/mol. The standard InChI is InChI=1S/C20H25N3O2/c1-3-4-13-25-16-8-5-15(6-9-16)7-10-19-21-18-11-12-23(2)14-17(18)20(24)22-19/h5-10H,3-4,11-14H2,1-2H3,(H,21,22,24)/b10-7+. The number of aromatic nitrogens is 2. The van der Waals surface area contributed by atoms with Crippen LogP contribution in [0.3, 0.4) is 0 Å². The van der Waals surface area contributed by atoms with E-state index in [9.17, 15) is 4.79 Å². The minimum absolute atomic E-state index is 0.0316. The summed E-state index contributed by atoms with van der Waals surface area (Å²) >= 11 is 0. The number of nitrogens with zero attached hydrogens (tertiary/aromatic N) is 2. The number of rotatable bonds is 6. The van der Waals surface area contributed by atoms with Crippen LogP contribution in [-0.2, 0) is 13.0 Å². The maximum absolute atomic E-state index is 12.2. The molecule has 25 heavy (non-hydrogen) atoms. The van der Waals surface area contributed by atoms with E-state index in [1.54, 1.807) is 0 Å². The van der Waals surface area contributed by atoms with Crippen molar-refractivity contribution in [3.05, 3.63) is 57.3 Å². The molecule has 2 aromatic rings. The Bertz CT molecular complexity index is 794. The number of hydrogen-bond donors (Lipinski definition) is 1. The molecular formula is C20H25N3O2. The highest BCUT2D eigenvalue weighted by Crippen LogP contribution is 2.15. The van der Waals surface area contributed by atoms with E-state index in [1.165, 1.54) is 0 Å². The molecule has 3 rings (SSSR count). The van der Waals surface area contributed by atoms with Gasteiger partial charge in [0.1, 0.15) is 11.6 Å². The molecule has 1 aromatic heterocycles. The van der Waals surface area contributed by atoms with E-state index >= 15 is 0 Å². The Hall–Kier alpha value is -2.40. The van der Waals surface area contributed by atoms with E-state index in [4.69, 9.17) is 4.74 Å². The predicted molar refractivity (Wildman–Crippen MR) is 101 cm³/mol. The molecule has 5 heteroatoms. The summed E-state index contributed by atoms with van der Waals surface area (Å²) in [5.74, 6) is 1.49. The Kier molecular flexibility index (Phi) is 5.66. The molecule has 1 aliphatic heterocycles. The summed E-state index contributed by atoms with van der Waals surface area (Å²) < 4.78 is 5.66. The first-order valence-electron chi connectivity index (χ1n) is 8.87. The smallest absolute Gasteiger partial charge is 0.255 e. The van der Waals surface area contributed by atoms with Crippen molar-refractivity contribution in [3.63, 3.8) is 0 Å². The summed E-state index contributed by atoms with van der Waals surface area (Å²) in [6.45, 7) is 4.50. The maximum atomic E-state index is 12.2. The molecule has 0 spiro atoms. The summed E-state index contributed by atoms with van der Waals surface area (Å²) in [7, 11) is 2.02. The van der Waals surface area contributed by atoms with E-state index in [0.29, 0.717) is 12.4 Å². The van der Waals surface area contributed by atoms with E-state index in [1.807, 2.05) is 43.5 Å². The summed E-state index contributed by atoms with van der Waals surface area (Å²) in [5, 5.41) is 0. The van der Waals surface area contributed by atoms with Gasteiger partial charge in [-0.05, 0) is 37.2 Å². The van der Waals surface area contributed by atoms with Gasteiger partial charge in [0.05, 0.1) is 17.9 Å². The summed E-state index contributed by atoms with van der Waals surface area (Å²) in [5.41, 5.74) is 2.72. The molecular weight excluding hydrogens is 314 g/mol. The van der Waals surface area contributed by atoms with Crippen LogP contribution >= 0.6 is 0 Å². The lowest BCUT2D eigenvalue weighted by molar-refractivity contribution is 0.307. The highest BCUT2D eigenvalue weighted by atomic mass is 16.5. The van der Waals surface area contributed by atoms with Crippen LogP contribution in [0.5, 0.6) is 5.75 Å². The normalized spacial score (nSPS) is 14.6. The zero-order chi connectivity index (χ0) is 17.6. The largest absolute Gasteiger partial charge is 0.494 e. The van der Waals surface area contributed by atoms with Crippen LogP contribution in [0.1, 0.15) is 42.4 Å². The Morgan fingerprint density at radius 2 is 2.08 bits per heavy atom. The molecule has 5 nitrogen and oxygen atoms in total.